The Labute approximate surface area is 375 Å². The van der Waals surface area contributed by atoms with Gasteiger partial charge in [0.25, 0.3) is 0 Å². The number of hydrogen-bond donors (Lipinski definition) is 2. The van der Waals surface area contributed by atoms with Crippen LogP contribution < -0.4 is 11.1 Å². The van der Waals surface area contributed by atoms with E-state index in [1.54, 1.807) is 0 Å². The summed E-state index contributed by atoms with van der Waals surface area (Å²) in [5.74, 6) is 0.515. The van der Waals surface area contributed by atoms with E-state index >= 15 is 0 Å². The molecule has 0 saturated heterocycles. The molecule has 11 rings (SSSR count). The smallest absolute Gasteiger partial charge is 0.143 e. The Hall–Kier alpha value is -7.27. The van der Waals surface area contributed by atoms with Gasteiger partial charge >= 0.3 is 0 Å². The highest BCUT2D eigenvalue weighted by Crippen LogP contribution is 2.46. The van der Waals surface area contributed by atoms with Crippen LogP contribution >= 0.6 is 0 Å². The predicted molar refractivity (Wildman–Crippen MR) is 268 cm³/mol. The van der Waals surface area contributed by atoms with Crippen LogP contribution in [-0.2, 0) is 13.0 Å². The van der Waals surface area contributed by atoms with E-state index in [9.17, 15) is 0 Å². The van der Waals surface area contributed by atoms with Crippen molar-refractivity contribution >= 4 is 33.3 Å². The van der Waals surface area contributed by atoms with Crippen molar-refractivity contribution in [1.29, 1.82) is 0 Å². The molecule has 64 heavy (non-hydrogen) atoms. The summed E-state index contributed by atoms with van der Waals surface area (Å²) in [6, 6.07) is 50.6. The lowest BCUT2D eigenvalue weighted by atomic mass is 9.87. The van der Waals surface area contributed by atoms with E-state index in [-0.39, 0.29) is 6.17 Å². The molecule has 0 amide bonds. The number of amidine groups is 1. The van der Waals surface area contributed by atoms with Gasteiger partial charge in [-0.1, -0.05) is 152 Å². The van der Waals surface area contributed by atoms with Gasteiger partial charge in [0.1, 0.15) is 23.2 Å². The number of aryl methyl sites for hydroxylation is 1. The average Bonchev–Trinajstić information content (AvgIpc) is 3.93. The second-order valence-corrected chi connectivity index (χ2v) is 17.5. The minimum Gasteiger partial charge on any atom is -0.455 e. The van der Waals surface area contributed by atoms with E-state index in [2.05, 4.69) is 195 Å². The minimum atomic E-state index is -0.339. The Balaban J connectivity index is 1.04. The molecule has 312 valence electrons. The lowest BCUT2D eigenvalue weighted by Gasteiger charge is -2.20. The van der Waals surface area contributed by atoms with Crippen molar-refractivity contribution < 1.29 is 4.42 Å². The highest BCUT2D eigenvalue weighted by atomic mass is 16.3. The van der Waals surface area contributed by atoms with Crippen LogP contribution in [0, 0.1) is 13.8 Å². The summed E-state index contributed by atoms with van der Waals surface area (Å²) in [5, 5.41) is 6.07. The molecule has 1 heterocycles. The molecule has 3 aliphatic carbocycles. The Morgan fingerprint density at radius 1 is 0.641 bits per heavy atom. The third kappa shape index (κ3) is 7.24. The molecule has 4 heteroatoms. The van der Waals surface area contributed by atoms with Crippen LogP contribution in [0.3, 0.4) is 0 Å². The molecule has 1 atom stereocenters. The van der Waals surface area contributed by atoms with Crippen LogP contribution in [0.15, 0.2) is 191 Å². The van der Waals surface area contributed by atoms with Crippen molar-refractivity contribution in [3.8, 4) is 44.5 Å². The molecular weight excluding hydrogens is 779 g/mol. The maximum Gasteiger partial charge on any atom is 0.143 e. The maximum absolute atomic E-state index is 7.04. The summed E-state index contributed by atoms with van der Waals surface area (Å²) >= 11 is 0. The third-order valence-electron chi connectivity index (χ3n) is 13.5. The quantitative estimate of drug-likeness (QED) is 0.107. The molecule has 0 radical (unpaired) electrons. The fourth-order valence-electron chi connectivity index (χ4n) is 10.2. The van der Waals surface area contributed by atoms with Crippen LogP contribution in [-0.4, -0.2) is 12.0 Å². The first-order chi connectivity index (χ1) is 31.5. The minimum absolute atomic E-state index is 0.339. The number of furan rings is 1. The fourth-order valence-corrected chi connectivity index (χ4v) is 10.2. The molecule has 3 aliphatic rings. The van der Waals surface area contributed by atoms with Crippen LogP contribution in [0.25, 0.3) is 72.0 Å². The standard InChI is InChI=1S/C60H51N3O/c1-38-17-9-11-26-47(38)48-28-15-29-49(39(48)2)54-35-46(51-30-16-31-52-50-27-12-10-22-43(50)34-53(51)52)36-55-57-45(25-14-32-56(57)64-58(54)55)37-62-60(41-20-7-4-8-21-41)63-59(61)44-24-13-23-42(33-44)40-18-5-3-6-19-40/h5,7,9-33,35-36,60,62H,3-4,6,8,34,37H2,1-2H3,(H2,61,63). The van der Waals surface area contributed by atoms with Gasteiger partial charge in [0, 0.05) is 28.4 Å². The summed E-state index contributed by atoms with van der Waals surface area (Å²) in [6.45, 7) is 5.01. The van der Waals surface area contributed by atoms with Crippen molar-refractivity contribution in [1.82, 2.24) is 5.32 Å². The molecule has 4 nitrogen and oxygen atoms in total. The van der Waals surface area contributed by atoms with Crippen molar-refractivity contribution in [2.75, 3.05) is 0 Å². The van der Waals surface area contributed by atoms with Crippen molar-refractivity contribution in [3.05, 3.63) is 220 Å². The largest absolute Gasteiger partial charge is 0.455 e. The maximum atomic E-state index is 7.04. The van der Waals surface area contributed by atoms with E-state index in [1.165, 1.54) is 66.8 Å². The Morgan fingerprint density at radius 3 is 2.17 bits per heavy atom. The summed E-state index contributed by atoms with van der Waals surface area (Å²) < 4.78 is 7.04. The normalized spacial score (nSPS) is 15.0. The van der Waals surface area contributed by atoms with E-state index in [0.717, 1.165) is 81.9 Å². The summed E-state index contributed by atoms with van der Waals surface area (Å²) in [7, 11) is 0. The zero-order chi connectivity index (χ0) is 43.1. The predicted octanol–water partition coefficient (Wildman–Crippen LogP) is 14.6. The van der Waals surface area contributed by atoms with Crippen molar-refractivity contribution in [3.63, 3.8) is 0 Å². The van der Waals surface area contributed by atoms with Gasteiger partial charge in [0.2, 0.25) is 0 Å². The van der Waals surface area contributed by atoms with Gasteiger partial charge in [-0.2, -0.15) is 0 Å². The number of rotatable bonds is 10. The molecule has 8 aromatic rings. The van der Waals surface area contributed by atoms with Gasteiger partial charge in [-0.3, -0.25) is 5.32 Å². The number of allylic oxidation sites excluding steroid dienone is 6. The molecule has 3 N–H and O–H groups in total. The van der Waals surface area contributed by atoms with Gasteiger partial charge < -0.3 is 10.2 Å². The van der Waals surface area contributed by atoms with E-state index in [0.29, 0.717) is 12.4 Å². The SMILES string of the molecule is Cc1ccccc1-c1cccc(-c2cc(-c3cccc4c3Cc3ccccc3-4)cc3c2oc2cccc(CNC(/N=C(\N)c4cccc(C5=CCCC=C5)c4)C4=CCCC=C4)c23)c1C. The second-order valence-electron chi connectivity index (χ2n) is 17.5. The number of nitrogens with two attached hydrogens (primary N) is 1. The first-order valence-corrected chi connectivity index (χ1v) is 22.7. The Kier molecular flexibility index (Phi) is 10.4. The molecule has 0 aliphatic heterocycles. The molecule has 1 unspecified atom stereocenters. The summed E-state index contributed by atoms with van der Waals surface area (Å²) in [4.78, 5) is 5.21. The lowest BCUT2D eigenvalue weighted by Crippen LogP contribution is -2.31. The molecule has 0 spiro atoms. The van der Waals surface area contributed by atoms with Gasteiger partial charge in [0.15, 0.2) is 0 Å². The van der Waals surface area contributed by atoms with Gasteiger partial charge in [-0.25, -0.2) is 4.99 Å². The zero-order valence-corrected chi connectivity index (χ0v) is 36.5. The molecular formula is C60H51N3O. The average molecular weight is 830 g/mol. The number of benzene rings is 7. The molecule has 1 aromatic heterocycles. The monoisotopic (exact) mass is 829 g/mol. The first kappa shape index (κ1) is 39.6. The van der Waals surface area contributed by atoms with Crippen LogP contribution in [0.5, 0.6) is 0 Å². The third-order valence-corrected chi connectivity index (χ3v) is 13.5. The summed E-state index contributed by atoms with van der Waals surface area (Å²) in [6.07, 6.45) is 18.2. The molecule has 7 aromatic carbocycles. The second kappa shape index (κ2) is 16.8. The van der Waals surface area contributed by atoms with E-state index in [1.807, 2.05) is 0 Å². The molecule has 0 bridgehead atoms. The molecule has 0 fully saturated rings. The van der Waals surface area contributed by atoms with Crippen molar-refractivity contribution in [2.24, 2.45) is 10.7 Å². The van der Waals surface area contributed by atoms with Gasteiger partial charge in [-0.15, -0.1) is 0 Å². The van der Waals surface area contributed by atoms with E-state index in [4.69, 9.17) is 15.1 Å². The van der Waals surface area contributed by atoms with Crippen LogP contribution in [0.4, 0.5) is 0 Å². The van der Waals surface area contributed by atoms with Crippen LogP contribution in [0.1, 0.15) is 64.6 Å². The Morgan fingerprint density at radius 2 is 1.36 bits per heavy atom. The van der Waals surface area contributed by atoms with Crippen LogP contribution in [0.2, 0.25) is 0 Å². The number of nitrogens with zero attached hydrogens (tertiary/aromatic N) is 1. The lowest BCUT2D eigenvalue weighted by molar-refractivity contribution is 0.595. The summed E-state index contributed by atoms with van der Waals surface area (Å²) in [5.41, 5.74) is 29.3. The number of nitrogens with one attached hydrogen (secondary N) is 1. The van der Waals surface area contributed by atoms with Gasteiger partial charge in [-0.05, 0) is 154 Å². The topological polar surface area (TPSA) is 63.5 Å². The highest BCUT2D eigenvalue weighted by Gasteiger charge is 2.25. The number of fused-ring (bicyclic) bond motifs is 6. The van der Waals surface area contributed by atoms with E-state index < -0.39 is 0 Å². The zero-order valence-electron chi connectivity index (χ0n) is 36.5. The first-order valence-electron chi connectivity index (χ1n) is 22.7. The number of hydrogen-bond acceptors (Lipinski definition) is 3. The highest BCUT2D eigenvalue weighted by molar-refractivity contribution is 6.13. The fraction of sp³-hybridized carbons (Fsp3) is 0.150. The van der Waals surface area contributed by atoms with Gasteiger partial charge in [0.05, 0.1) is 0 Å². The number of aliphatic imine (C=N–C) groups is 1. The Bertz CT molecular complexity index is 3300. The molecule has 0 saturated carbocycles. The van der Waals surface area contributed by atoms with Crippen molar-refractivity contribution in [2.45, 2.75) is 58.7 Å².